The van der Waals surface area contributed by atoms with E-state index in [2.05, 4.69) is 32.7 Å². The Hall–Kier alpha value is -1.79. The summed E-state index contributed by atoms with van der Waals surface area (Å²) in [6.45, 7) is 5.55. The zero-order valence-corrected chi connectivity index (χ0v) is 16.8. The monoisotopic (exact) mass is 409 g/mol. The Morgan fingerprint density at radius 3 is 2.56 bits per heavy atom. The average molecular weight is 410 g/mol. The Morgan fingerprint density at radius 1 is 1.00 bits per heavy atom. The number of benzene rings is 2. The Balaban J connectivity index is 0.00000131. The first-order valence-electron chi connectivity index (χ1n) is 8.85. The predicted octanol–water partition coefficient (Wildman–Crippen LogP) is 3.97. The number of ether oxygens (including phenoxy) is 2. The van der Waals surface area contributed by atoms with Gasteiger partial charge in [0, 0.05) is 31.4 Å². The summed E-state index contributed by atoms with van der Waals surface area (Å²) in [7, 11) is 0. The van der Waals surface area contributed by atoms with Gasteiger partial charge in [-0.25, -0.2) is 4.98 Å². The van der Waals surface area contributed by atoms with E-state index in [9.17, 15) is 0 Å². The van der Waals surface area contributed by atoms with E-state index in [1.807, 2.05) is 36.7 Å². The lowest BCUT2D eigenvalue weighted by Crippen LogP contribution is -2.37. The number of nitrogens with zero attached hydrogens (tertiary/aromatic N) is 3. The lowest BCUT2D eigenvalue weighted by molar-refractivity contribution is 0.0358. The summed E-state index contributed by atoms with van der Waals surface area (Å²) in [5.74, 6) is 0.882. The number of fused-ring (bicyclic) bond motifs is 1. The van der Waals surface area contributed by atoms with Crippen LogP contribution in [0.1, 0.15) is 6.42 Å². The third kappa shape index (κ3) is 5.36. The minimum atomic E-state index is 0. The van der Waals surface area contributed by atoms with Gasteiger partial charge in [-0.05, 0) is 30.7 Å². The van der Waals surface area contributed by atoms with Crippen LogP contribution in [0.4, 0.5) is 0 Å². The first-order chi connectivity index (χ1) is 12.4. The molecule has 0 unspecified atom stereocenters. The largest absolute Gasteiger partial charge is 0.493 e. The molecule has 0 aliphatic carbocycles. The highest BCUT2D eigenvalue weighted by Crippen LogP contribution is 2.22. The molecular weight excluding hydrogens is 385 g/mol. The van der Waals surface area contributed by atoms with E-state index in [0.29, 0.717) is 0 Å². The van der Waals surface area contributed by atoms with Crippen molar-refractivity contribution in [3.05, 3.63) is 54.9 Å². The molecule has 2 heterocycles. The zero-order chi connectivity index (χ0) is 16.9. The summed E-state index contributed by atoms with van der Waals surface area (Å²) < 4.78 is 13.4. The van der Waals surface area contributed by atoms with E-state index in [-0.39, 0.29) is 24.8 Å². The van der Waals surface area contributed by atoms with Crippen molar-refractivity contribution in [2.45, 2.75) is 6.42 Å². The molecule has 146 valence electrons. The maximum absolute atomic E-state index is 5.91. The summed E-state index contributed by atoms with van der Waals surface area (Å²) in [4.78, 5) is 6.95. The van der Waals surface area contributed by atoms with Crippen molar-refractivity contribution in [3.63, 3.8) is 0 Å². The molecule has 7 heteroatoms. The molecule has 5 nitrogen and oxygen atoms in total. The molecular formula is C20H25Cl2N3O2. The van der Waals surface area contributed by atoms with Crippen LogP contribution in [-0.2, 0) is 4.74 Å². The molecule has 1 aliphatic rings. The number of aromatic nitrogens is 2. The second-order valence-corrected chi connectivity index (χ2v) is 6.26. The molecule has 1 aromatic heterocycles. The predicted molar refractivity (Wildman–Crippen MR) is 113 cm³/mol. The van der Waals surface area contributed by atoms with E-state index in [1.54, 1.807) is 0 Å². The molecule has 1 saturated heterocycles. The van der Waals surface area contributed by atoms with Crippen LogP contribution in [0, 0.1) is 0 Å². The van der Waals surface area contributed by atoms with Gasteiger partial charge in [-0.2, -0.15) is 0 Å². The maximum Gasteiger partial charge on any atom is 0.121 e. The standard InChI is InChI=1S/C20H23N3O2.2ClH/c1-2-5-17(6-3-1)23-16-21-19-15-18(7-8-20(19)23)25-12-4-9-22-10-13-24-14-11-22;;/h1-3,5-8,15-16H,4,9-14H2;2*1H. The van der Waals surface area contributed by atoms with Gasteiger partial charge in [-0.3, -0.25) is 9.47 Å². The van der Waals surface area contributed by atoms with Crippen molar-refractivity contribution in [1.29, 1.82) is 0 Å². The minimum Gasteiger partial charge on any atom is -0.493 e. The van der Waals surface area contributed by atoms with Crippen molar-refractivity contribution in [3.8, 4) is 11.4 Å². The molecule has 0 bridgehead atoms. The lowest BCUT2D eigenvalue weighted by atomic mass is 10.2. The van der Waals surface area contributed by atoms with Crippen molar-refractivity contribution >= 4 is 35.8 Å². The number of morpholine rings is 1. The molecule has 0 spiro atoms. The van der Waals surface area contributed by atoms with Crippen LogP contribution in [-0.4, -0.2) is 53.9 Å². The fourth-order valence-electron chi connectivity index (χ4n) is 3.18. The Labute approximate surface area is 172 Å². The SMILES string of the molecule is Cl.Cl.c1ccc(-n2cnc3cc(OCCCN4CCOCC4)ccc32)cc1. The highest BCUT2D eigenvalue weighted by Gasteiger charge is 2.10. The number of rotatable bonds is 6. The van der Waals surface area contributed by atoms with E-state index in [0.717, 1.165) is 68.3 Å². The van der Waals surface area contributed by atoms with Crippen molar-refractivity contribution in [1.82, 2.24) is 14.5 Å². The topological polar surface area (TPSA) is 39.5 Å². The first kappa shape index (κ1) is 21.5. The highest BCUT2D eigenvalue weighted by molar-refractivity contribution is 5.85. The Bertz CT molecular complexity index is 820. The molecule has 0 N–H and O–H groups in total. The summed E-state index contributed by atoms with van der Waals surface area (Å²) in [5, 5.41) is 0. The highest BCUT2D eigenvalue weighted by atomic mass is 35.5. The normalized spacial score (nSPS) is 14.4. The van der Waals surface area contributed by atoms with E-state index in [4.69, 9.17) is 9.47 Å². The van der Waals surface area contributed by atoms with E-state index >= 15 is 0 Å². The Kier molecular flexibility index (Phi) is 8.38. The molecule has 4 rings (SSSR count). The quantitative estimate of drug-likeness (QED) is 0.577. The van der Waals surface area contributed by atoms with Gasteiger partial charge in [-0.15, -0.1) is 24.8 Å². The van der Waals surface area contributed by atoms with Gasteiger partial charge in [0.25, 0.3) is 0 Å². The fourth-order valence-corrected chi connectivity index (χ4v) is 3.18. The summed E-state index contributed by atoms with van der Waals surface area (Å²) in [6.07, 6.45) is 2.89. The fraction of sp³-hybridized carbons (Fsp3) is 0.350. The van der Waals surface area contributed by atoms with Gasteiger partial charge in [0.05, 0.1) is 30.9 Å². The van der Waals surface area contributed by atoms with Gasteiger partial charge in [-0.1, -0.05) is 18.2 Å². The lowest BCUT2D eigenvalue weighted by Gasteiger charge is -2.26. The summed E-state index contributed by atoms with van der Waals surface area (Å²) in [6, 6.07) is 16.4. The second-order valence-electron chi connectivity index (χ2n) is 6.26. The molecule has 1 aliphatic heterocycles. The molecule has 1 fully saturated rings. The van der Waals surface area contributed by atoms with Gasteiger partial charge in [0.2, 0.25) is 0 Å². The smallest absolute Gasteiger partial charge is 0.121 e. The maximum atomic E-state index is 5.91. The number of halogens is 2. The van der Waals surface area contributed by atoms with Crippen molar-refractivity contribution < 1.29 is 9.47 Å². The molecule has 27 heavy (non-hydrogen) atoms. The number of para-hydroxylation sites is 1. The second kappa shape index (κ2) is 10.5. The molecule has 0 saturated carbocycles. The third-order valence-corrected chi connectivity index (χ3v) is 4.54. The van der Waals surface area contributed by atoms with E-state index in [1.165, 1.54) is 0 Å². The number of imidazole rings is 1. The van der Waals surface area contributed by atoms with Crippen LogP contribution < -0.4 is 4.74 Å². The van der Waals surface area contributed by atoms with Gasteiger partial charge >= 0.3 is 0 Å². The summed E-state index contributed by atoms with van der Waals surface area (Å²) >= 11 is 0. The third-order valence-electron chi connectivity index (χ3n) is 4.54. The van der Waals surface area contributed by atoms with Crippen LogP contribution in [0.5, 0.6) is 5.75 Å². The molecule has 0 atom stereocenters. The number of hydrogen-bond donors (Lipinski definition) is 0. The molecule has 0 amide bonds. The van der Waals surface area contributed by atoms with Crippen LogP contribution in [0.25, 0.3) is 16.7 Å². The van der Waals surface area contributed by atoms with Crippen LogP contribution in [0.15, 0.2) is 54.9 Å². The average Bonchev–Trinajstić information content (AvgIpc) is 3.10. The van der Waals surface area contributed by atoms with Gasteiger partial charge in [0.1, 0.15) is 12.1 Å². The minimum absolute atomic E-state index is 0. The zero-order valence-electron chi connectivity index (χ0n) is 15.1. The van der Waals surface area contributed by atoms with Crippen LogP contribution >= 0.6 is 24.8 Å². The summed E-state index contributed by atoms with van der Waals surface area (Å²) in [5.41, 5.74) is 3.16. The Morgan fingerprint density at radius 2 is 1.78 bits per heavy atom. The van der Waals surface area contributed by atoms with Crippen molar-refractivity contribution in [2.24, 2.45) is 0 Å². The van der Waals surface area contributed by atoms with Gasteiger partial charge in [0.15, 0.2) is 0 Å². The van der Waals surface area contributed by atoms with E-state index < -0.39 is 0 Å². The molecule has 2 aromatic carbocycles. The van der Waals surface area contributed by atoms with Crippen molar-refractivity contribution in [2.75, 3.05) is 39.5 Å². The van der Waals surface area contributed by atoms with Crippen LogP contribution in [0.3, 0.4) is 0 Å². The first-order valence-corrected chi connectivity index (χ1v) is 8.85. The molecule has 0 radical (unpaired) electrons. The van der Waals surface area contributed by atoms with Crippen LogP contribution in [0.2, 0.25) is 0 Å². The number of hydrogen-bond acceptors (Lipinski definition) is 4. The molecule has 3 aromatic rings. The van der Waals surface area contributed by atoms with Gasteiger partial charge < -0.3 is 9.47 Å².